The summed E-state index contributed by atoms with van der Waals surface area (Å²) < 4.78 is 7.66. The van der Waals surface area contributed by atoms with E-state index in [1.807, 2.05) is 31.2 Å². The Morgan fingerprint density at radius 3 is 2.38 bits per heavy atom. The van der Waals surface area contributed by atoms with Crippen LogP contribution in [0.4, 0.5) is 10.5 Å². The molecule has 1 fully saturated rings. The van der Waals surface area contributed by atoms with Crippen molar-refractivity contribution in [1.82, 2.24) is 5.32 Å². The van der Waals surface area contributed by atoms with Crippen LogP contribution >= 0.6 is 43.5 Å². The number of benzene rings is 3. The van der Waals surface area contributed by atoms with Crippen LogP contribution in [0, 0.1) is 6.92 Å². The zero-order chi connectivity index (χ0) is 24.4. The lowest BCUT2D eigenvalue weighted by molar-refractivity contribution is -0.122. The fraction of sp³-hybridized carbons (Fsp3) is 0.0800. The number of carbonyl (C=O) groups excluding carboxylic acids is 3. The summed E-state index contributed by atoms with van der Waals surface area (Å²) in [5.74, 6) is -1.07. The van der Waals surface area contributed by atoms with Crippen molar-refractivity contribution >= 4 is 73.1 Å². The first-order chi connectivity index (χ1) is 16.2. The molecule has 4 amide bonds. The molecule has 6 nitrogen and oxygen atoms in total. The Kier molecular flexibility index (Phi) is 7.21. The van der Waals surface area contributed by atoms with Crippen molar-refractivity contribution in [2.45, 2.75) is 13.5 Å². The quantitative estimate of drug-likeness (QED) is 0.270. The van der Waals surface area contributed by atoms with Crippen molar-refractivity contribution in [1.29, 1.82) is 0 Å². The van der Waals surface area contributed by atoms with Crippen LogP contribution in [-0.4, -0.2) is 17.8 Å². The molecular weight excluding hydrogens is 588 g/mol. The number of nitrogens with one attached hydrogen (secondary N) is 1. The summed E-state index contributed by atoms with van der Waals surface area (Å²) in [6.45, 7) is 2.10. The fourth-order valence-electron chi connectivity index (χ4n) is 3.27. The maximum Gasteiger partial charge on any atom is 0.335 e. The number of ether oxygens (including phenoxy) is 1. The average molecular weight is 605 g/mol. The van der Waals surface area contributed by atoms with E-state index >= 15 is 0 Å². The molecule has 1 heterocycles. The monoisotopic (exact) mass is 602 g/mol. The number of hydrogen-bond acceptors (Lipinski definition) is 4. The molecule has 0 aliphatic carbocycles. The van der Waals surface area contributed by atoms with Crippen molar-refractivity contribution in [2.24, 2.45) is 0 Å². The Balaban J connectivity index is 1.67. The molecule has 0 spiro atoms. The molecular formula is C25H17Br2ClN2O4. The summed E-state index contributed by atoms with van der Waals surface area (Å²) in [6, 6.07) is 16.9. The van der Waals surface area contributed by atoms with Crippen LogP contribution in [0.5, 0.6) is 5.75 Å². The normalized spacial score (nSPS) is 15.0. The van der Waals surface area contributed by atoms with Crippen LogP contribution in [0.25, 0.3) is 6.08 Å². The minimum atomic E-state index is -0.840. The Morgan fingerprint density at radius 1 is 0.971 bits per heavy atom. The SMILES string of the molecule is Cc1ccc(N2C(=O)NC(=O)/C(=C/c3cc(Br)ccc3OCc3ccc(Br)cc3)C2=O)cc1Cl. The van der Waals surface area contributed by atoms with Crippen LogP contribution in [-0.2, 0) is 16.2 Å². The van der Waals surface area contributed by atoms with Crippen molar-refractivity contribution in [2.75, 3.05) is 4.90 Å². The molecule has 3 aromatic rings. The first kappa shape index (κ1) is 24.2. The molecule has 0 aromatic heterocycles. The van der Waals surface area contributed by atoms with Crippen molar-refractivity contribution in [3.8, 4) is 5.75 Å². The van der Waals surface area contributed by atoms with Gasteiger partial charge in [-0.2, -0.15) is 0 Å². The third-order valence-corrected chi connectivity index (χ3v) is 6.52. The highest BCUT2D eigenvalue weighted by Gasteiger charge is 2.37. The lowest BCUT2D eigenvalue weighted by atomic mass is 10.1. The zero-order valence-corrected chi connectivity index (χ0v) is 21.7. The van der Waals surface area contributed by atoms with Gasteiger partial charge in [0.1, 0.15) is 17.9 Å². The molecule has 1 aliphatic rings. The topological polar surface area (TPSA) is 75.7 Å². The fourth-order valence-corrected chi connectivity index (χ4v) is 4.09. The lowest BCUT2D eigenvalue weighted by Gasteiger charge is -2.26. The van der Waals surface area contributed by atoms with E-state index in [2.05, 4.69) is 37.2 Å². The molecule has 1 aliphatic heterocycles. The minimum absolute atomic E-state index is 0.206. The third-order valence-electron chi connectivity index (χ3n) is 5.09. The summed E-state index contributed by atoms with van der Waals surface area (Å²) in [5.41, 5.74) is 2.30. The molecule has 0 unspecified atom stereocenters. The highest BCUT2D eigenvalue weighted by Crippen LogP contribution is 2.30. The number of nitrogens with zero attached hydrogens (tertiary/aromatic N) is 1. The van der Waals surface area contributed by atoms with Gasteiger partial charge in [-0.05, 0) is 66.6 Å². The highest BCUT2D eigenvalue weighted by molar-refractivity contribution is 9.10. The van der Waals surface area contributed by atoms with Crippen LogP contribution in [0.3, 0.4) is 0 Å². The van der Waals surface area contributed by atoms with Crippen molar-refractivity contribution < 1.29 is 19.1 Å². The Morgan fingerprint density at radius 2 is 1.68 bits per heavy atom. The lowest BCUT2D eigenvalue weighted by Crippen LogP contribution is -2.54. The number of anilines is 1. The van der Waals surface area contributed by atoms with Gasteiger partial charge in [-0.15, -0.1) is 0 Å². The van der Waals surface area contributed by atoms with Crippen LogP contribution in [0.15, 0.2) is 75.2 Å². The summed E-state index contributed by atoms with van der Waals surface area (Å²) in [7, 11) is 0. The van der Waals surface area contributed by atoms with Gasteiger partial charge >= 0.3 is 6.03 Å². The van der Waals surface area contributed by atoms with Crippen LogP contribution in [0.2, 0.25) is 5.02 Å². The summed E-state index contributed by atoms with van der Waals surface area (Å²) in [4.78, 5) is 39.2. The number of imide groups is 2. The van der Waals surface area contributed by atoms with E-state index in [0.717, 1.165) is 25.0 Å². The molecule has 34 heavy (non-hydrogen) atoms. The number of barbiturate groups is 1. The second-order valence-corrected chi connectivity index (χ2v) is 9.73. The molecule has 9 heteroatoms. The molecule has 172 valence electrons. The van der Waals surface area contributed by atoms with Crippen molar-refractivity contribution in [3.63, 3.8) is 0 Å². The van der Waals surface area contributed by atoms with Gasteiger partial charge in [0.15, 0.2) is 0 Å². The first-order valence-electron chi connectivity index (χ1n) is 10.1. The van der Waals surface area contributed by atoms with Gasteiger partial charge in [-0.25, -0.2) is 9.69 Å². The Bertz CT molecular complexity index is 1340. The van der Waals surface area contributed by atoms with E-state index in [1.165, 1.54) is 12.1 Å². The van der Waals surface area contributed by atoms with Gasteiger partial charge in [-0.1, -0.05) is 61.7 Å². The predicted octanol–water partition coefficient (Wildman–Crippen LogP) is 6.42. The molecule has 1 saturated heterocycles. The summed E-state index contributed by atoms with van der Waals surface area (Å²) >= 11 is 13.0. The van der Waals surface area contributed by atoms with E-state index in [4.69, 9.17) is 16.3 Å². The molecule has 0 radical (unpaired) electrons. The number of amides is 4. The van der Waals surface area contributed by atoms with E-state index in [-0.39, 0.29) is 17.9 Å². The molecule has 1 N–H and O–H groups in total. The van der Waals surface area contributed by atoms with E-state index in [1.54, 1.807) is 30.3 Å². The van der Waals surface area contributed by atoms with Gasteiger partial charge in [-0.3, -0.25) is 14.9 Å². The van der Waals surface area contributed by atoms with Gasteiger partial charge < -0.3 is 4.74 Å². The predicted molar refractivity (Wildman–Crippen MR) is 138 cm³/mol. The van der Waals surface area contributed by atoms with E-state index in [9.17, 15) is 14.4 Å². The number of halogens is 3. The standard InChI is InChI=1S/C25H17Br2ClN2O4/c1-14-2-8-19(12-21(14)28)30-24(32)20(23(31)29-25(30)33)11-16-10-18(27)7-9-22(16)34-13-15-3-5-17(26)6-4-15/h2-12H,13H2,1H3,(H,29,31,33)/b20-11-. The molecule has 0 saturated carbocycles. The van der Waals surface area contributed by atoms with Crippen molar-refractivity contribution in [3.05, 3.63) is 96.9 Å². The second-order valence-electron chi connectivity index (χ2n) is 7.49. The zero-order valence-electron chi connectivity index (χ0n) is 17.8. The number of rotatable bonds is 5. The third kappa shape index (κ3) is 5.24. The number of carbonyl (C=O) groups is 3. The van der Waals surface area contributed by atoms with E-state index in [0.29, 0.717) is 16.3 Å². The number of aryl methyl sites for hydroxylation is 1. The van der Waals surface area contributed by atoms with Gasteiger partial charge in [0.25, 0.3) is 11.8 Å². The number of hydrogen-bond donors (Lipinski definition) is 1. The molecule has 4 rings (SSSR count). The summed E-state index contributed by atoms with van der Waals surface area (Å²) in [6.07, 6.45) is 1.41. The molecule has 3 aromatic carbocycles. The Labute approximate surface area is 217 Å². The largest absolute Gasteiger partial charge is 0.488 e. The first-order valence-corrected chi connectivity index (χ1v) is 12.0. The van der Waals surface area contributed by atoms with Crippen LogP contribution < -0.4 is 15.0 Å². The Hall–Kier alpha value is -2.94. The van der Waals surface area contributed by atoms with Gasteiger partial charge in [0.2, 0.25) is 0 Å². The summed E-state index contributed by atoms with van der Waals surface area (Å²) in [5, 5.41) is 2.62. The molecule has 0 bridgehead atoms. The minimum Gasteiger partial charge on any atom is -0.488 e. The highest BCUT2D eigenvalue weighted by atomic mass is 79.9. The van der Waals surface area contributed by atoms with Crippen LogP contribution in [0.1, 0.15) is 16.7 Å². The smallest absolute Gasteiger partial charge is 0.335 e. The second kappa shape index (κ2) is 10.1. The molecule has 0 atom stereocenters. The van der Waals surface area contributed by atoms with Gasteiger partial charge in [0, 0.05) is 19.5 Å². The average Bonchev–Trinajstić information content (AvgIpc) is 2.79. The maximum absolute atomic E-state index is 13.2. The number of urea groups is 1. The van der Waals surface area contributed by atoms with E-state index < -0.39 is 17.8 Å². The maximum atomic E-state index is 13.2. The van der Waals surface area contributed by atoms with Gasteiger partial charge in [0.05, 0.1) is 5.69 Å².